The van der Waals surface area contributed by atoms with Gasteiger partial charge in [-0.05, 0) is 19.9 Å². The summed E-state index contributed by atoms with van der Waals surface area (Å²) in [5.74, 6) is 0.507. The number of nitrogens with zero attached hydrogens (tertiary/aromatic N) is 2. The van der Waals surface area contributed by atoms with Gasteiger partial charge in [0.25, 0.3) is 0 Å². The second-order valence-corrected chi connectivity index (χ2v) is 4.00. The Kier molecular flexibility index (Phi) is 4.32. The normalized spacial score (nSPS) is 15.6. The molecule has 2 atom stereocenters. The summed E-state index contributed by atoms with van der Waals surface area (Å²) < 4.78 is 0. The lowest BCUT2D eigenvalue weighted by atomic mass is 9.99. The Morgan fingerprint density at radius 1 is 1.54 bits per heavy atom. The maximum absolute atomic E-state index is 4.12. The summed E-state index contributed by atoms with van der Waals surface area (Å²) in [6, 6.07) is 0.489. The maximum Gasteiger partial charge on any atom is 0.121 e. The van der Waals surface area contributed by atoms with E-state index in [1.54, 1.807) is 16.8 Å². The molecule has 1 heterocycles. The predicted molar refractivity (Wildman–Crippen MR) is 56.1 cm³/mol. The number of aromatic nitrogens is 2. The fraction of sp³-hybridized carbons (Fsp3) is 0.778. The third-order valence-electron chi connectivity index (χ3n) is 2.26. The lowest BCUT2D eigenvalue weighted by Crippen LogP contribution is -2.31. The summed E-state index contributed by atoms with van der Waals surface area (Å²) >= 11 is 1.65. The second-order valence-electron chi connectivity index (χ2n) is 3.14. The van der Waals surface area contributed by atoms with Crippen molar-refractivity contribution in [2.45, 2.75) is 39.2 Å². The van der Waals surface area contributed by atoms with Crippen LogP contribution in [-0.2, 0) is 0 Å². The molecule has 0 saturated heterocycles. The lowest BCUT2D eigenvalue weighted by Gasteiger charge is -2.20. The quantitative estimate of drug-likeness (QED) is 0.788. The van der Waals surface area contributed by atoms with Gasteiger partial charge in [0.1, 0.15) is 10.5 Å². The predicted octanol–water partition coefficient (Wildman–Crippen LogP) is 2.03. The smallest absolute Gasteiger partial charge is 0.121 e. The summed E-state index contributed by atoms with van der Waals surface area (Å²) in [4.78, 5) is 0. The molecule has 0 aromatic carbocycles. The number of likely N-dealkylation sites (N-methyl/N-ethyl adjacent to an activating group) is 1. The van der Waals surface area contributed by atoms with E-state index in [1.807, 2.05) is 0 Å². The topological polar surface area (TPSA) is 37.8 Å². The van der Waals surface area contributed by atoms with Gasteiger partial charge in [-0.15, -0.1) is 21.5 Å². The van der Waals surface area contributed by atoms with Crippen molar-refractivity contribution in [1.29, 1.82) is 0 Å². The van der Waals surface area contributed by atoms with Crippen molar-refractivity contribution in [2.75, 3.05) is 6.54 Å². The van der Waals surface area contributed by atoms with Gasteiger partial charge >= 0.3 is 0 Å². The van der Waals surface area contributed by atoms with Crippen molar-refractivity contribution in [2.24, 2.45) is 0 Å². The van der Waals surface area contributed by atoms with Gasteiger partial charge in [0.05, 0.1) is 0 Å². The Morgan fingerprint density at radius 3 is 2.77 bits per heavy atom. The standard InChI is InChI=1S/C9H17N3S/c1-4-8(7(3)10-5-2)9-12-11-6-13-9/h6-8,10H,4-5H2,1-3H3. The average Bonchev–Trinajstić information content (AvgIpc) is 2.59. The molecule has 0 radical (unpaired) electrons. The van der Waals surface area contributed by atoms with Crippen molar-refractivity contribution < 1.29 is 0 Å². The maximum atomic E-state index is 4.12. The van der Waals surface area contributed by atoms with Crippen LogP contribution in [-0.4, -0.2) is 22.8 Å². The van der Waals surface area contributed by atoms with E-state index in [4.69, 9.17) is 0 Å². The molecule has 0 fully saturated rings. The molecule has 0 bridgehead atoms. The third-order valence-corrected chi connectivity index (χ3v) is 3.09. The molecular weight excluding hydrogens is 182 g/mol. The highest BCUT2D eigenvalue weighted by Gasteiger charge is 2.19. The zero-order chi connectivity index (χ0) is 9.68. The minimum Gasteiger partial charge on any atom is -0.314 e. The highest BCUT2D eigenvalue weighted by atomic mass is 32.1. The van der Waals surface area contributed by atoms with Crippen molar-refractivity contribution in [3.8, 4) is 0 Å². The molecule has 2 unspecified atom stereocenters. The van der Waals surface area contributed by atoms with E-state index in [9.17, 15) is 0 Å². The van der Waals surface area contributed by atoms with Crippen LogP contribution in [0.25, 0.3) is 0 Å². The molecule has 0 spiro atoms. The van der Waals surface area contributed by atoms with E-state index >= 15 is 0 Å². The molecule has 4 heteroatoms. The number of hydrogen-bond donors (Lipinski definition) is 1. The van der Waals surface area contributed by atoms with Gasteiger partial charge in [0, 0.05) is 12.0 Å². The Balaban J connectivity index is 2.62. The highest BCUT2D eigenvalue weighted by molar-refractivity contribution is 7.09. The first-order valence-corrected chi connectivity index (χ1v) is 5.67. The van der Waals surface area contributed by atoms with Gasteiger partial charge in [-0.25, -0.2) is 0 Å². The van der Waals surface area contributed by atoms with Gasteiger partial charge in [-0.2, -0.15) is 0 Å². The van der Waals surface area contributed by atoms with Gasteiger partial charge in [0.2, 0.25) is 0 Å². The number of rotatable bonds is 5. The SMILES string of the molecule is CCNC(C)C(CC)c1nncs1. The van der Waals surface area contributed by atoms with Crippen LogP contribution in [0.3, 0.4) is 0 Å². The summed E-state index contributed by atoms with van der Waals surface area (Å²) in [5, 5.41) is 12.6. The van der Waals surface area contributed by atoms with Crippen LogP contribution in [0.4, 0.5) is 0 Å². The van der Waals surface area contributed by atoms with Crippen LogP contribution in [0.15, 0.2) is 5.51 Å². The summed E-state index contributed by atoms with van der Waals surface area (Å²) in [6.45, 7) is 7.54. The first kappa shape index (κ1) is 10.6. The van der Waals surface area contributed by atoms with Crippen LogP contribution < -0.4 is 5.32 Å². The fourth-order valence-corrected chi connectivity index (χ4v) is 2.39. The molecule has 0 amide bonds. The Labute approximate surface area is 83.6 Å². The Hall–Kier alpha value is -0.480. The molecule has 0 aliphatic carbocycles. The largest absolute Gasteiger partial charge is 0.314 e. The Morgan fingerprint density at radius 2 is 2.31 bits per heavy atom. The molecule has 1 aromatic heterocycles. The van der Waals surface area contributed by atoms with Crippen molar-refractivity contribution >= 4 is 11.3 Å². The average molecular weight is 199 g/mol. The van der Waals surface area contributed by atoms with E-state index in [-0.39, 0.29) is 0 Å². The summed E-state index contributed by atoms with van der Waals surface area (Å²) in [5.41, 5.74) is 1.80. The molecule has 0 saturated carbocycles. The van der Waals surface area contributed by atoms with Gasteiger partial charge < -0.3 is 5.32 Å². The third kappa shape index (κ3) is 2.74. The van der Waals surface area contributed by atoms with Gasteiger partial charge in [-0.1, -0.05) is 13.8 Å². The number of hydrogen-bond acceptors (Lipinski definition) is 4. The van der Waals surface area contributed by atoms with Crippen molar-refractivity contribution in [3.63, 3.8) is 0 Å². The molecule has 3 nitrogen and oxygen atoms in total. The van der Waals surface area contributed by atoms with E-state index in [2.05, 4.69) is 36.3 Å². The molecule has 1 N–H and O–H groups in total. The molecule has 74 valence electrons. The highest BCUT2D eigenvalue weighted by Crippen LogP contribution is 2.23. The molecule has 1 rings (SSSR count). The lowest BCUT2D eigenvalue weighted by molar-refractivity contribution is 0.457. The zero-order valence-electron chi connectivity index (χ0n) is 8.45. The zero-order valence-corrected chi connectivity index (χ0v) is 9.27. The van der Waals surface area contributed by atoms with E-state index in [1.165, 1.54) is 0 Å². The first-order valence-electron chi connectivity index (χ1n) is 4.79. The second kappa shape index (κ2) is 5.29. The minimum absolute atomic E-state index is 0.489. The summed E-state index contributed by atoms with van der Waals surface area (Å²) in [7, 11) is 0. The fourth-order valence-electron chi connectivity index (χ4n) is 1.55. The molecule has 13 heavy (non-hydrogen) atoms. The molecule has 1 aromatic rings. The van der Waals surface area contributed by atoms with Gasteiger partial charge in [-0.3, -0.25) is 0 Å². The van der Waals surface area contributed by atoms with E-state index in [0.717, 1.165) is 18.0 Å². The van der Waals surface area contributed by atoms with Crippen LogP contribution in [0.2, 0.25) is 0 Å². The molecular formula is C9H17N3S. The minimum atomic E-state index is 0.489. The van der Waals surface area contributed by atoms with E-state index in [0.29, 0.717) is 12.0 Å². The van der Waals surface area contributed by atoms with Crippen LogP contribution in [0.1, 0.15) is 38.1 Å². The monoisotopic (exact) mass is 199 g/mol. The van der Waals surface area contributed by atoms with Crippen LogP contribution in [0, 0.1) is 0 Å². The van der Waals surface area contributed by atoms with Crippen LogP contribution >= 0.6 is 11.3 Å². The molecule has 0 aliphatic heterocycles. The van der Waals surface area contributed by atoms with Crippen molar-refractivity contribution in [1.82, 2.24) is 15.5 Å². The number of nitrogens with one attached hydrogen (secondary N) is 1. The Bertz CT molecular complexity index is 223. The first-order chi connectivity index (χ1) is 6.29. The molecule has 0 aliphatic rings. The van der Waals surface area contributed by atoms with Crippen molar-refractivity contribution in [3.05, 3.63) is 10.5 Å². The van der Waals surface area contributed by atoms with Crippen LogP contribution in [0.5, 0.6) is 0 Å². The summed E-state index contributed by atoms with van der Waals surface area (Å²) in [6.07, 6.45) is 1.11. The van der Waals surface area contributed by atoms with E-state index < -0.39 is 0 Å². The van der Waals surface area contributed by atoms with Gasteiger partial charge in [0.15, 0.2) is 0 Å².